The lowest BCUT2D eigenvalue weighted by Crippen LogP contribution is -2.44. The van der Waals surface area contributed by atoms with E-state index in [4.69, 9.17) is 0 Å². The van der Waals surface area contributed by atoms with Gasteiger partial charge in [-0.2, -0.15) is 13.2 Å². The van der Waals surface area contributed by atoms with Crippen molar-refractivity contribution in [3.8, 4) is 0 Å². The number of nitrogens with one attached hydrogen (secondary N) is 1. The standard InChI is InChI=1S/C31H38F3N3O2/c1-2-3-4-5-6-11-29(38)37(26-16-17-26)22-30(39)36(21-23-12-14-25(15-13-23)31(32,33)34)19-18-24-20-35-28-10-8-7-9-27(24)28/h7-10,12-15,20,26,35H,2-6,11,16-19,21-22H2,1H3. The summed E-state index contributed by atoms with van der Waals surface area (Å²) >= 11 is 0. The zero-order valence-electron chi connectivity index (χ0n) is 22.6. The Hall–Kier alpha value is -3.29. The van der Waals surface area contributed by atoms with Crippen molar-refractivity contribution >= 4 is 22.7 Å². The topological polar surface area (TPSA) is 56.4 Å². The number of hydrogen-bond donors (Lipinski definition) is 1. The summed E-state index contributed by atoms with van der Waals surface area (Å²) in [5, 5.41) is 1.08. The lowest BCUT2D eigenvalue weighted by atomic mass is 10.1. The van der Waals surface area contributed by atoms with E-state index >= 15 is 0 Å². The van der Waals surface area contributed by atoms with E-state index in [2.05, 4.69) is 11.9 Å². The van der Waals surface area contributed by atoms with Gasteiger partial charge in [0, 0.05) is 42.7 Å². The molecule has 0 radical (unpaired) electrons. The number of aromatic amines is 1. The van der Waals surface area contributed by atoms with Crippen LogP contribution in [0.3, 0.4) is 0 Å². The molecule has 0 bridgehead atoms. The third-order valence-electron chi connectivity index (χ3n) is 7.44. The number of rotatable bonds is 14. The Balaban J connectivity index is 1.46. The second-order valence-corrected chi connectivity index (χ2v) is 10.5. The monoisotopic (exact) mass is 541 g/mol. The number of aromatic nitrogens is 1. The van der Waals surface area contributed by atoms with Gasteiger partial charge >= 0.3 is 6.18 Å². The highest BCUT2D eigenvalue weighted by Crippen LogP contribution is 2.30. The number of para-hydroxylation sites is 1. The number of alkyl halides is 3. The van der Waals surface area contributed by atoms with Crippen LogP contribution in [0.2, 0.25) is 0 Å². The maximum Gasteiger partial charge on any atom is 0.416 e. The van der Waals surface area contributed by atoms with Crippen LogP contribution in [0.25, 0.3) is 10.9 Å². The number of nitrogens with zero attached hydrogens (tertiary/aromatic N) is 2. The van der Waals surface area contributed by atoms with Crippen molar-refractivity contribution in [3.05, 3.63) is 71.4 Å². The molecule has 0 atom stereocenters. The fourth-order valence-corrected chi connectivity index (χ4v) is 4.98. The molecule has 0 saturated heterocycles. The van der Waals surface area contributed by atoms with Crippen LogP contribution >= 0.6 is 0 Å². The van der Waals surface area contributed by atoms with Crippen molar-refractivity contribution < 1.29 is 22.8 Å². The molecule has 1 saturated carbocycles. The number of unbranched alkanes of at least 4 members (excludes halogenated alkanes) is 4. The third-order valence-corrected chi connectivity index (χ3v) is 7.44. The van der Waals surface area contributed by atoms with Gasteiger partial charge in [-0.25, -0.2) is 0 Å². The lowest BCUT2D eigenvalue weighted by Gasteiger charge is -2.28. The van der Waals surface area contributed by atoms with E-state index in [1.165, 1.54) is 12.1 Å². The summed E-state index contributed by atoms with van der Waals surface area (Å²) < 4.78 is 39.2. The Kier molecular flexibility index (Phi) is 9.70. The summed E-state index contributed by atoms with van der Waals surface area (Å²) in [6.07, 6.45) is 5.62. The molecule has 1 aliphatic rings. The van der Waals surface area contributed by atoms with E-state index in [9.17, 15) is 22.8 Å². The molecule has 5 nitrogen and oxygen atoms in total. The van der Waals surface area contributed by atoms with Crippen LogP contribution in [0.4, 0.5) is 13.2 Å². The fraction of sp³-hybridized carbons (Fsp3) is 0.484. The van der Waals surface area contributed by atoms with Gasteiger partial charge in [0.1, 0.15) is 6.54 Å². The van der Waals surface area contributed by atoms with Crippen LogP contribution in [-0.4, -0.2) is 45.7 Å². The third kappa shape index (κ3) is 8.10. The number of amides is 2. The Labute approximate surface area is 228 Å². The van der Waals surface area contributed by atoms with Gasteiger partial charge in [0.2, 0.25) is 11.8 Å². The van der Waals surface area contributed by atoms with E-state index in [1.54, 1.807) is 9.80 Å². The summed E-state index contributed by atoms with van der Waals surface area (Å²) in [7, 11) is 0. The second-order valence-electron chi connectivity index (χ2n) is 10.5. The minimum Gasteiger partial charge on any atom is -0.361 e. The molecule has 210 valence electrons. The SMILES string of the molecule is CCCCCCCC(=O)N(CC(=O)N(CCc1c[nH]c2ccccc12)Cc1ccc(C(F)(F)F)cc1)C1CC1. The van der Waals surface area contributed by atoms with Crippen LogP contribution in [-0.2, 0) is 28.7 Å². The molecule has 1 fully saturated rings. The zero-order valence-corrected chi connectivity index (χ0v) is 22.6. The molecule has 8 heteroatoms. The molecule has 4 rings (SSSR count). The van der Waals surface area contributed by atoms with Crippen molar-refractivity contribution in [2.75, 3.05) is 13.1 Å². The van der Waals surface area contributed by atoms with E-state index in [1.807, 2.05) is 30.5 Å². The molecular weight excluding hydrogens is 503 g/mol. The number of benzene rings is 2. The molecule has 1 aromatic heterocycles. The van der Waals surface area contributed by atoms with Crippen LogP contribution in [0.1, 0.15) is 75.0 Å². The lowest BCUT2D eigenvalue weighted by molar-refractivity contribution is -0.141. The van der Waals surface area contributed by atoms with E-state index in [0.717, 1.165) is 73.5 Å². The molecule has 1 aliphatic carbocycles. The second kappa shape index (κ2) is 13.2. The van der Waals surface area contributed by atoms with Crippen LogP contribution in [0, 0.1) is 0 Å². The normalized spacial score (nSPS) is 13.5. The molecule has 1 N–H and O–H groups in total. The maximum atomic E-state index is 13.6. The number of carbonyl (C=O) groups excluding carboxylic acids is 2. The molecule has 0 spiro atoms. The maximum absolute atomic E-state index is 13.6. The highest BCUT2D eigenvalue weighted by molar-refractivity contribution is 5.86. The first-order valence-electron chi connectivity index (χ1n) is 14.0. The molecular formula is C31H38F3N3O2. The Morgan fingerprint density at radius 3 is 2.36 bits per heavy atom. The number of H-pyrrole nitrogens is 1. The quantitative estimate of drug-likeness (QED) is 0.221. The van der Waals surface area contributed by atoms with Crippen molar-refractivity contribution in [1.82, 2.24) is 14.8 Å². The number of carbonyl (C=O) groups is 2. The van der Waals surface area contributed by atoms with Crippen LogP contribution in [0.5, 0.6) is 0 Å². The molecule has 0 unspecified atom stereocenters. The summed E-state index contributed by atoms with van der Waals surface area (Å²) in [4.78, 5) is 33.3. The first-order chi connectivity index (χ1) is 18.8. The highest BCUT2D eigenvalue weighted by Gasteiger charge is 2.34. The Bertz CT molecular complexity index is 1230. The predicted molar refractivity (Wildman–Crippen MR) is 147 cm³/mol. The average molecular weight is 542 g/mol. The smallest absolute Gasteiger partial charge is 0.361 e. The summed E-state index contributed by atoms with van der Waals surface area (Å²) in [6, 6.07) is 13.0. The summed E-state index contributed by atoms with van der Waals surface area (Å²) in [5.41, 5.74) is 1.98. The van der Waals surface area contributed by atoms with Gasteiger partial charge in [-0.3, -0.25) is 9.59 Å². The Morgan fingerprint density at radius 2 is 1.67 bits per heavy atom. The first kappa shape index (κ1) is 28.7. The average Bonchev–Trinajstić information content (AvgIpc) is 3.68. The predicted octanol–water partition coefficient (Wildman–Crippen LogP) is 7.11. The van der Waals surface area contributed by atoms with Gasteiger partial charge in [0.25, 0.3) is 0 Å². The number of hydrogen-bond acceptors (Lipinski definition) is 2. The van der Waals surface area contributed by atoms with Crippen LogP contribution in [0.15, 0.2) is 54.7 Å². The van der Waals surface area contributed by atoms with Crippen molar-refractivity contribution in [2.24, 2.45) is 0 Å². The Morgan fingerprint density at radius 1 is 0.949 bits per heavy atom. The largest absolute Gasteiger partial charge is 0.416 e. The molecule has 39 heavy (non-hydrogen) atoms. The van der Waals surface area contributed by atoms with E-state index in [-0.39, 0.29) is 30.9 Å². The fourth-order valence-electron chi connectivity index (χ4n) is 4.98. The molecule has 2 aromatic carbocycles. The molecule has 2 amide bonds. The first-order valence-corrected chi connectivity index (χ1v) is 14.0. The molecule has 1 heterocycles. The van der Waals surface area contributed by atoms with Gasteiger partial charge in [-0.05, 0) is 55.0 Å². The van der Waals surface area contributed by atoms with Crippen LogP contribution < -0.4 is 0 Å². The van der Waals surface area contributed by atoms with Crippen molar-refractivity contribution in [1.29, 1.82) is 0 Å². The van der Waals surface area contributed by atoms with Gasteiger partial charge in [-0.1, -0.05) is 62.9 Å². The van der Waals surface area contributed by atoms with E-state index in [0.29, 0.717) is 24.9 Å². The van der Waals surface area contributed by atoms with Crippen molar-refractivity contribution in [3.63, 3.8) is 0 Å². The van der Waals surface area contributed by atoms with Gasteiger partial charge in [0.15, 0.2) is 0 Å². The van der Waals surface area contributed by atoms with Gasteiger partial charge < -0.3 is 14.8 Å². The summed E-state index contributed by atoms with van der Waals surface area (Å²) in [5.74, 6) is -0.158. The molecule has 3 aromatic rings. The van der Waals surface area contributed by atoms with Gasteiger partial charge in [-0.15, -0.1) is 0 Å². The van der Waals surface area contributed by atoms with Crippen molar-refractivity contribution in [2.45, 2.75) is 83.5 Å². The molecule has 0 aliphatic heterocycles. The minimum absolute atomic E-state index is 0.00692. The number of halogens is 3. The highest BCUT2D eigenvalue weighted by atomic mass is 19.4. The van der Waals surface area contributed by atoms with Gasteiger partial charge in [0.05, 0.1) is 5.56 Å². The van der Waals surface area contributed by atoms with E-state index < -0.39 is 11.7 Å². The summed E-state index contributed by atoms with van der Waals surface area (Å²) in [6.45, 7) is 2.74. The zero-order chi connectivity index (χ0) is 27.8. The minimum atomic E-state index is -4.41. The number of fused-ring (bicyclic) bond motifs is 1.